The van der Waals surface area contributed by atoms with E-state index in [4.69, 9.17) is 4.74 Å². The van der Waals surface area contributed by atoms with Crippen LogP contribution in [0.5, 0.6) is 0 Å². The Balaban J connectivity index is 0.000000228. The molecule has 202 valence electrons. The maximum atomic E-state index is 10.6. The highest BCUT2D eigenvalue weighted by atomic mass is 16.6. The summed E-state index contributed by atoms with van der Waals surface area (Å²) in [6.07, 6.45) is 19.3. The van der Waals surface area contributed by atoms with E-state index in [0.29, 0.717) is 6.61 Å². The lowest BCUT2D eigenvalue weighted by Gasteiger charge is -2.27. The highest BCUT2D eigenvalue weighted by Crippen LogP contribution is 2.31. The van der Waals surface area contributed by atoms with Crippen molar-refractivity contribution >= 4 is 6.09 Å². The molecule has 3 aliphatic carbocycles. The average Bonchev–Trinajstić information content (AvgIpc) is 3.39. The molecule has 6 unspecified atom stereocenters. The van der Waals surface area contributed by atoms with Crippen molar-refractivity contribution in [3.63, 3.8) is 0 Å². The number of hydrogen-bond acceptors (Lipinski definition) is 2. The molecule has 1 aliphatic heterocycles. The summed E-state index contributed by atoms with van der Waals surface area (Å²) in [5.74, 6) is 6.14. The summed E-state index contributed by atoms with van der Waals surface area (Å²) in [7, 11) is 0. The smallest absolute Gasteiger partial charge is 0.407 e. The highest BCUT2D eigenvalue weighted by Gasteiger charge is 2.35. The zero-order chi connectivity index (χ0) is 25.6. The molecule has 3 nitrogen and oxygen atoms in total. The maximum absolute atomic E-state index is 10.6. The SMILES string of the molecule is CC1CCC(C)C1.CC1CCCC(C)C1.CCC1(CC)COC(=O)N1.CCC1CCCCC1C. The van der Waals surface area contributed by atoms with Crippen LogP contribution in [0.1, 0.15) is 145 Å². The van der Waals surface area contributed by atoms with Gasteiger partial charge in [-0.25, -0.2) is 4.79 Å². The maximum Gasteiger partial charge on any atom is 0.407 e. The molecule has 34 heavy (non-hydrogen) atoms. The molecule has 6 atom stereocenters. The Kier molecular flexibility index (Phi) is 15.5. The van der Waals surface area contributed by atoms with Gasteiger partial charge >= 0.3 is 6.09 Å². The van der Waals surface area contributed by atoms with Crippen LogP contribution in [0.25, 0.3) is 0 Å². The lowest BCUT2D eigenvalue weighted by atomic mass is 9.79. The summed E-state index contributed by atoms with van der Waals surface area (Å²) in [6.45, 7) is 18.8. The fourth-order valence-electron chi connectivity index (χ4n) is 6.35. The Hall–Kier alpha value is -0.730. The van der Waals surface area contributed by atoms with Crippen LogP contribution in [0.15, 0.2) is 0 Å². The molecule has 1 N–H and O–H groups in total. The first-order valence-corrected chi connectivity index (χ1v) is 15.1. The molecular weight excluding hydrogens is 418 g/mol. The van der Waals surface area contributed by atoms with Gasteiger partial charge in [-0.3, -0.25) is 0 Å². The summed E-state index contributed by atoms with van der Waals surface area (Å²) >= 11 is 0. The van der Waals surface area contributed by atoms with Crippen molar-refractivity contribution in [2.75, 3.05) is 6.61 Å². The predicted octanol–water partition coefficient (Wildman–Crippen LogP) is 9.78. The number of carbonyl (C=O) groups is 1. The van der Waals surface area contributed by atoms with Crippen molar-refractivity contribution in [2.45, 2.75) is 151 Å². The van der Waals surface area contributed by atoms with Gasteiger partial charge in [0.15, 0.2) is 0 Å². The van der Waals surface area contributed by atoms with E-state index in [9.17, 15) is 4.79 Å². The molecule has 3 heteroatoms. The molecule has 1 amide bonds. The summed E-state index contributed by atoms with van der Waals surface area (Å²) in [6, 6.07) is 0. The van der Waals surface area contributed by atoms with E-state index in [1.165, 1.54) is 77.0 Å². The van der Waals surface area contributed by atoms with Crippen LogP contribution >= 0.6 is 0 Å². The lowest BCUT2D eigenvalue weighted by molar-refractivity contribution is 0.171. The van der Waals surface area contributed by atoms with Gasteiger partial charge in [0, 0.05) is 0 Å². The third-order valence-electron chi connectivity index (χ3n) is 9.17. The number of carbonyl (C=O) groups excluding carboxylic acids is 1. The standard InChI is InChI=1S/C9H18.C8H16.C7H13NO2.C7H14/c1-3-9-7-5-4-6-8(9)2;1-7-4-3-5-8(2)6-7;1-3-7(4-2)5-10-6(9)8-7;1-6-3-4-7(2)5-6/h8-9H,3-7H2,1-2H3;7-8H,3-6H2,1-2H3;3-5H2,1-2H3,(H,8,9);6-7H,3-5H2,1-2H3. The van der Waals surface area contributed by atoms with E-state index in [2.05, 4.69) is 60.7 Å². The Labute approximate surface area is 214 Å². The molecule has 0 aromatic rings. The van der Waals surface area contributed by atoms with Crippen LogP contribution in [-0.4, -0.2) is 18.2 Å². The van der Waals surface area contributed by atoms with Crippen molar-refractivity contribution < 1.29 is 9.53 Å². The molecule has 0 aromatic heterocycles. The van der Waals surface area contributed by atoms with E-state index in [1.807, 2.05) is 0 Å². The summed E-state index contributed by atoms with van der Waals surface area (Å²) < 4.78 is 4.80. The minimum absolute atomic E-state index is 0.0723. The van der Waals surface area contributed by atoms with Crippen LogP contribution < -0.4 is 5.32 Å². The second-order valence-corrected chi connectivity index (χ2v) is 12.5. The number of rotatable bonds is 3. The lowest BCUT2D eigenvalue weighted by Crippen LogP contribution is -2.41. The van der Waals surface area contributed by atoms with E-state index in [1.54, 1.807) is 0 Å². The van der Waals surface area contributed by atoms with E-state index in [0.717, 1.165) is 48.3 Å². The molecule has 0 aromatic carbocycles. The van der Waals surface area contributed by atoms with Gasteiger partial charge in [0.25, 0.3) is 0 Å². The van der Waals surface area contributed by atoms with Gasteiger partial charge in [0.2, 0.25) is 0 Å². The first kappa shape index (κ1) is 31.3. The third kappa shape index (κ3) is 12.3. The Morgan fingerprint density at radius 2 is 1.24 bits per heavy atom. The highest BCUT2D eigenvalue weighted by molar-refractivity contribution is 5.70. The number of alkyl carbamates (subject to hydrolysis) is 1. The second kappa shape index (κ2) is 16.9. The van der Waals surface area contributed by atoms with Crippen molar-refractivity contribution in [3.8, 4) is 0 Å². The molecule has 0 spiro atoms. The Bertz CT molecular complexity index is 514. The summed E-state index contributed by atoms with van der Waals surface area (Å²) in [5, 5.41) is 2.81. The van der Waals surface area contributed by atoms with E-state index in [-0.39, 0.29) is 11.6 Å². The van der Waals surface area contributed by atoms with Gasteiger partial charge in [-0.05, 0) is 61.2 Å². The molecule has 0 radical (unpaired) electrons. The van der Waals surface area contributed by atoms with Crippen molar-refractivity contribution in [1.82, 2.24) is 5.32 Å². The van der Waals surface area contributed by atoms with Gasteiger partial charge < -0.3 is 10.1 Å². The van der Waals surface area contributed by atoms with E-state index >= 15 is 0 Å². The Morgan fingerprint density at radius 1 is 0.735 bits per heavy atom. The van der Waals surface area contributed by atoms with Crippen molar-refractivity contribution in [2.24, 2.45) is 35.5 Å². The molecule has 3 saturated carbocycles. The summed E-state index contributed by atoms with van der Waals surface area (Å²) in [4.78, 5) is 10.6. The van der Waals surface area contributed by atoms with Gasteiger partial charge in [-0.15, -0.1) is 0 Å². The zero-order valence-electron chi connectivity index (χ0n) is 24.4. The summed E-state index contributed by atoms with van der Waals surface area (Å²) in [5.41, 5.74) is -0.0723. The molecule has 1 saturated heterocycles. The minimum Gasteiger partial charge on any atom is -0.447 e. The van der Waals surface area contributed by atoms with Crippen molar-refractivity contribution in [1.29, 1.82) is 0 Å². The number of ether oxygens (including phenoxy) is 1. The molecule has 1 heterocycles. The quantitative estimate of drug-likeness (QED) is 0.437. The number of nitrogens with one attached hydrogen (secondary N) is 1. The van der Waals surface area contributed by atoms with Gasteiger partial charge in [-0.1, -0.05) is 120 Å². The number of amides is 1. The van der Waals surface area contributed by atoms with Crippen LogP contribution in [0.4, 0.5) is 4.79 Å². The monoisotopic (exact) mass is 479 g/mol. The number of hydrogen-bond donors (Lipinski definition) is 1. The second-order valence-electron chi connectivity index (χ2n) is 12.5. The fraction of sp³-hybridized carbons (Fsp3) is 0.968. The molecular formula is C31H61NO2. The van der Waals surface area contributed by atoms with Crippen molar-refractivity contribution in [3.05, 3.63) is 0 Å². The van der Waals surface area contributed by atoms with E-state index < -0.39 is 0 Å². The minimum atomic E-state index is -0.274. The first-order valence-electron chi connectivity index (χ1n) is 15.1. The third-order valence-corrected chi connectivity index (χ3v) is 9.17. The van der Waals surface area contributed by atoms with Crippen LogP contribution in [0.2, 0.25) is 0 Å². The zero-order valence-corrected chi connectivity index (χ0v) is 24.4. The predicted molar refractivity (Wildman–Crippen MR) is 148 cm³/mol. The van der Waals surface area contributed by atoms with Crippen LogP contribution in [0, 0.1) is 35.5 Å². The van der Waals surface area contributed by atoms with Crippen LogP contribution in [0.3, 0.4) is 0 Å². The molecule has 4 aliphatic rings. The molecule has 0 bridgehead atoms. The largest absolute Gasteiger partial charge is 0.447 e. The number of cyclic esters (lactones) is 1. The van der Waals surface area contributed by atoms with Crippen LogP contribution in [-0.2, 0) is 4.74 Å². The van der Waals surface area contributed by atoms with Gasteiger partial charge in [0.05, 0.1) is 5.54 Å². The normalized spacial score (nSPS) is 34.2. The van der Waals surface area contributed by atoms with Gasteiger partial charge in [-0.2, -0.15) is 0 Å². The Morgan fingerprint density at radius 3 is 1.50 bits per heavy atom. The fourth-order valence-corrected chi connectivity index (χ4v) is 6.35. The topological polar surface area (TPSA) is 38.3 Å². The first-order chi connectivity index (χ1) is 16.1. The average molecular weight is 480 g/mol. The van der Waals surface area contributed by atoms with Gasteiger partial charge in [0.1, 0.15) is 6.61 Å². The molecule has 4 rings (SSSR count). The molecule has 4 fully saturated rings.